The minimum absolute atomic E-state index is 0.182. The zero-order valence-corrected chi connectivity index (χ0v) is 9.84. The Morgan fingerprint density at radius 2 is 2.25 bits per heavy atom. The van der Waals surface area contributed by atoms with E-state index in [1.54, 1.807) is 0 Å². The van der Waals surface area contributed by atoms with Gasteiger partial charge >= 0.3 is 5.97 Å². The summed E-state index contributed by atoms with van der Waals surface area (Å²) >= 11 is 0. The van der Waals surface area contributed by atoms with E-state index in [9.17, 15) is 4.79 Å². The van der Waals surface area contributed by atoms with Gasteiger partial charge in [0, 0.05) is 18.8 Å². The molecule has 0 aliphatic rings. The van der Waals surface area contributed by atoms with Crippen LogP contribution < -0.4 is 0 Å². The topological polar surface area (TPSA) is 66.3 Å². The summed E-state index contributed by atoms with van der Waals surface area (Å²) in [4.78, 5) is 20.9. The van der Waals surface area contributed by atoms with Crippen LogP contribution in [0.1, 0.15) is 36.8 Å². The molecule has 1 N–H and O–H groups in total. The molecule has 0 radical (unpaired) electrons. The van der Waals surface area contributed by atoms with E-state index >= 15 is 0 Å². The fourth-order valence-electron chi connectivity index (χ4n) is 1.51. The third-order valence-electron chi connectivity index (χ3n) is 2.51. The van der Waals surface area contributed by atoms with Crippen LogP contribution in [-0.4, -0.2) is 38.5 Å². The van der Waals surface area contributed by atoms with Crippen LogP contribution in [0.5, 0.6) is 0 Å². The molecule has 0 atom stereocenters. The number of aromatic carboxylic acids is 1. The fourth-order valence-corrected chi connectivity index (χ4v) is 1.51. The highest BCUT2D eigenvalue weighted by molar-refractivity contribution is 5.88. The smallest absolute Gasteiger partial charge is 0.339 e. The number of hydrogen-bond acceptors (Lipinski definition) is 4. The summed E-state index contributed by atoms with van der Waals surface area (Å²) in [6.45, 7) is 7.59. The Balaban J connectivity index is 2.91. The van der Waals surface area contributed by atoms with Crippen LogP contribution >= 0.6 is 0 Å². The monoisotopic (exact) mass is 223 g/mol. The van der Waals surface area contributed by atoms with Gasteiger partial charge in [-0.25, -0.2) is 14.8 Å². The summed E-state index contributed by atoms with van der Waals surface area (Å²) in [7, 11) is 0. The lowest BCUT2D eigenvalue weighted by Gasteiger charge is -2.24. The molecule has 1 rings (SSSR count). The first kappa shape index (κ1) is 12.6. The zero-order valence-electron chi connectivity index (χ0n) is 9.84. The van der Waals surface area contributed by atoms with Gasteiger partial charge in [-0.15, -0.1) is 0 Å². The first-order valence-corrected chi connectivity index (χ1v) is 5.32. The third-order valence-corrected chi connectivity index (χ3v) is 2.51. The van der Waals surface area contributed by atoms with Crippen molar-refractivity contribution in [1.29, 1.82) is 0 Å². The molecule has 0 saturated carbocycles. The fraction of sp³-hybridized carbons (Fsp3) is 0.545. The van der Waals surface area contributed by atoms with Crippen LogP contribution in [-0.2, 0) is 6.54 Å². The Morgan fingerprint density at radius 3 is 2.75 bits per heavy atom. The van der Waals surface area contributed by atoms with Crippen molar-refractivity contribution >= 4 is 5.97 Å². The maximum absolute atomic E-state index is 11.0. The average Bonchev–Trinajstić information content (AvgIpc) is 2.25. The van der Waals surface area contributed by atoms with Gasteiger partial charge < -0.3 is 5.11 Å². The first-order valence-electron chi connectivity index (χ1n) is 5.32. The minimum Gasteiger partial charge on any atom is -0.478 e. The Kier molecular flexibility index (Phi) is 4.37. The molecule has 0 unspecified atom stereocenters. The highest BCUT2D eigenvalue weighted by Gasteiger charge is 2.15. The second kappa shape index (κ2) is 5.55. The van der Waals surface area contributed by atoms with Crippen molar-refractivity contribution in [2.75, 3.05) is 6.54 Å². The molecule has 0 fully saturated rings. The number of carboxylic acids is 1. The van der Waals surface area contributed by atoms with Gasteiger partial charge in [0.2, 0.25) is 0 Å². The molecule has 0 aromatic carbocycles. The number of hydrogen-bond donors (Lipinski definition) is 1. The lowest BCUT2D eigenvalue weighted by molar-refractivity contribution is 0.0692. The van der Waals surface area contributed by atoms with Crippen molar-refractivity contribution in [1.82, 2.24) is 14.9 Å². The molecule has 1 aromatic heterocycles. The molecule has 5 heteroatoms. The van der Waals surface area contributed by atoms with E-state index in [4.69, 9.17) is 5.11 Å². The molecule has 0 aliphatic carbocycles. The summed E-state index contributed by atoms with van der Waals surface area (Å²) < 4.78 is 0. The van der Waals surface area contributed by atoms with E-state index in [0.29, 0.717) is 18.3 Å². The Hall–Kier alpha value is -1.49. The van der Waals surface area contributed by atoms with Gasteiger partial charge in [0.15, 0.2) is 0 Å². The zero-order chi connectivity index (χ0) is 12.1. The van der Waals surface area contributed by atoms with Gasteiger partial charge in [0.05, 0.1) is 5.69 Å². The highest BCUT2D eigenvalue weighted by Crippen LogP contribution is 2.09. The summed E-state index contributed by atoms with van der Waals surface area (Å²) in [6, 6.07) is 0.363. The molecular formula is C11H17N3O2. The molecule has 1 aromatic rings. The maximum Gasteiger partial charge on any atom is 0.339 e. The third kappa shape index (κ3) is 3.00. The van der Waals surface area contributed by atoms with Crippen molar-refractivity contribution < 1.29 is 9.90 Å². The van der Waals surface area contributed by atoms with Crippen LogP contribution in [0.15, 0.2) is 12.5 Å². The van der Waals surface area contributed by atoms with Crippen molar-refractivity contribution in [2.24, 2.45) is 0 Å². The van der Waals surface area contributed by atoms with E-state index in [2.05, 4.69) is 28.7 Å². The predicted molar refractivity (Wildman–Crippen MR) is 60.2 cm³/mol. The Morgan fingerprint density at radius 1 is 1.56 bits per heavy atom. The number of carbonyl (C=O) groups is 1. The van der Waals surface area contributed by atoms with Crippen molar-refractivity contribution in [3.05, 3.63) is 23.8 Å². The summed E-state index contributed by atoms with van der Waals surface area (Å²) in [5, 5.41) is 8.99. The number of rotatable bonds is 5. The van der Waals surface area contributed by atoms with Crippen LogP contribution in [0.2, 0.25) is 0 Å². The van der Waals surface area contributed by atoms with E-state index < -0.39 is 5.97 Å². The van der Waals surface area contributed by atoms with Crippen LogP contribution in [0.25, 0.3) is 0 Å². The Labute approximate surface area is 95.1 Å². The molecule has 1 heterocycles. The van der Waals surface area contributed by atoms with Crippen molar-refractivity contribution in [2.45, 2.75) is 33.4 Å². The second-order valence-corrected chi connectivity index (χ2v) is 3.85. The highest BCUT2D eigenvalue weighted by atomic mass is 16.4. The van der Waals surface area contributed by atoms with E-state index in [1.807, 2.05) is 6.92 Å². The summed E-state index contributed by atoms with van der Waals surface area (Å²) in [6.07, 6.45) is 2.73. The van der Waals surface area contributed by atoms with Crippen LogP contribution in [0, 0.1) is 0 Å². The minimum atomic E-state index is -0.976. The Bertz CT molecular complexity index is 366. The average molecular weight is 223 g/mol. The number of carboxylic acid groups (broad SMARTS) is 1. The number of nitrogens with zero attached hydrogens (tertiary/aromatic N) is 3. The SMILES string of the molecule is CCN(Cc1ncncc1C(=O)O)C(C)C. The van der Waals surface area contributed by atoms with Gasteiger partial charge in [-0.3, -0.25) is 4.90 Å². The molecular weight excluding hydrogens is 206 g/mol. The normalized spacial score (nSPS) is 11.1. The molecule has 88 valence electrons. The molecule has 0 aliphatic heterocycles. The molecule has 5 nitrogen and oxygen atoms in total. The molecule has 0 amide bonds. The van der Waals surface area contributed by atoms with Gasteiger partial charge in [0.25, 0.3) is 0 Å². The summed E-state index contributed by atoms with van der Waals surface area (Å²) in [5.41, 5.74) is 0.750. The molecule has 16 heavy (non-hydrogen) atoms. The van der Waals surface area contributed by atoms with Crippen LogP contribution in [0.4, 0.5) is 0 Å². The van der Waals surface area contributed by atoms with Gasteiger partial charge in [-0.2, -0.15) is 0 Å². The van der Waals surface area contributed by atoms with Gasteiger partial charge in [-0.05, 0) is 20.4 Å². The predicted octanol–water partition coefficient (Wildman–Crippen LogP) is 1.41. The molecule has 0 spiro atoms. The van der Waals surface area contributed by atoms with E-state index in [-0.39, 0.29) is 5.56 Å². The van der Waals surface area contributed by atoms with Crippen LogP contribution in [0.3, 0.4) is 0 Å². The summed E-state index contributed by atoms with van der Waals surface area (Å²) in [5.74, 6) is -0.976. The van der Waals surface area contributed by atoms with Crippen molar-refractivity contribution in [3.8, 4) is 0 Å². The molecule has 0 bridgehead atoms. The lowest BCUT2D eigenvalue weighted by atomic mass is 10.2. The first-order chi connectivity index (χ1) is 7.56. The standard InChI is InChI=1S/C11H17N3O2/c1-4-14(8(2)3)6-10-9(11(15)16)5-12-7-13-10/h5,7-8H,4,6H2,1-3H3,(H,15,16). The lowest BCUT2D eigenvalue weighted by Crippen LogP contribution is -2.31. The maximum atomic E-state index is 11.0. The van der Waals surface area contributed by atoms with E-state index in [0.717, 1.165) is 6.54 Å². The quantitative estimate of drug-likeness (QED) is 0.817. The van der Waals surface area contributed by atoms with Crippen molar-refractivity contribution in [3.63, 3.8) is 0 Å². The molecule has 0 saturated heterocycles. The van der Waals surface area contributed by atoms with Gasteiger partial charge in [0.1, 0.15) is 11.9 Å². The van der Waals surface area contributed by atoms with E-state index in [1.165, 1.54) is 12.5 Å². The largest absolute Gasteiger partial charge is 0.478 e. The van der Waals surface area contributed by atoms with Gasteiger partial charge in [-0.1, -0.05) is 6.92 Å². The second-order valence-electron chi connectivity index (χ2n) is 3.85. The number of aromatic nitrogens is 2.